The number of aromatic nitrogens is 1. The third kappa shape index (κ3) is 5.26. The van der Waals surface area contributed by atoms with Crippen molar-refractivity contribution in [2.45, 2.75) is 44.3 Å². The molecule has 0 unspecified atom stereocenters. The molecule has 0 atom stereocenters. The smallest absolute Gasteiger partial charge is 0.123 e. The first kappa shape index (κ1) is 22.5. The van der Waals surface area contributed by atoms with E-state index in [0.717, 1.165) is 69.7 Å². The SMILES string of the molecule is N#Cc1ccc(CN2CCC(n3cccc3NC3CCN(c4ccc(F)cc4)CC3)CC2)cc1. The van der Waals surface area contributed by atoms with E-state index in [2.05, 4.69) is 56.2 Å². The Balaban J connectivity index is 1.12. The Morgan fingerprint density at radius 1 is 0.882 bits per heavy atom. The number of nitriles is 1. The van der Waals surface area contributed by atoms with Crippen LogP contribution in [0.25, 0.3) is 0 Å². The highest BCUT2D eigenvalue weighted by atomic mass is 19.1. The highest BCUT2D eigenvalue weighted by molar-refractivity contribution is 5.47. The second kappa shape index (κ2) is 10.3. The van der Waals surface area contributed by atoms with Gasteiger partial charge in [0.05, 0.1) is 11.6 Å². The van der Waals surface area contributed by atoms with Crippen LogP contribution in [0.2, 0.25) is 0 Å². The molecule has 2 aliphatic heterocycles. The number of rotatable bonds is 6. The average Bonchev–Trinajstić information content (AvgIpc) is 3.34. The van der Waals surface area contributed by atoms with Gasteiger partial charge in [-0.1, -0.05) is 12.1 Å². The van der Waals surface area contributed by atoms with E-state index in [1.165, 1.54) is 11.4 Å². The fraction of sp³-hybridized carbons (Fsp3) is 0.393. The standard InChI is InChI=1S/C28H32FN5/c29-24-7-9-26(10-8-24)33-18-11-25(12-19-33)31-28-2-1-15-34(28)27-13-16-32(17-14-27)21-23-5-3-22(20-30)4-6-23/h1-10,15,25,27,31H,11-14,16-19,21H2. The van der Waals surface area contributed by atoms with Crippen molar-refractivity contribution in [3.8, 4) is 6.07 Å². The fourth-order valence-corrected chi connectivity index (χ4v) is 5.28. The molecule has 1 N–H and O–H groups in total. The molecule has 176 valence electrons. The predicted molar refractivity (Wildman–Crippen MR) is 134 cm³/mol. The van der Waals surface area contributed by atoms with Crippen LogP contribution in [0, 0.1) is 17.1 Å². The van der Waals surface area contributed by atoms with E-state index in [4.69, 9.17) is 5.26 Å². The normalized spacial score (nSPS) is 18.1. The summed E-state index contributed by atoms with van der Waals surface area (Å²) < 4.78 is 15.7. The molecule has 0 radical (unpaired) electrons. The van der Waals surface area contributed by atoms with Gasteiger partial charge in [0.1, 0.15) is 11.6 Å². The van der Waals surface area contributed by atoms with Crippen molar-refractivity contribution in [1.29, 1.82) is 5.26 Å². The summed E-state index contributed by atoms with van der Waals surface area (Å²) in [5.74, 6) is 1.05. The summed E-state index contributed by atoms with van der Waals surface area (Å²) in [6.07, 6.45) is 6.65. The number of halogens is 1. The molecule has 2 aliphatic rings. The maximum Gasteiger partial charge on any atom is 0.123 e. The minimum atomic E-state index is -0.179. The van der Waals surface area contributed by atoms with Crippen LogP contribution >= 0.6 is 0 Å². The van der Waals surface area contributed by atoms with E-state index in [9.17, 15) is 4.39 Å². The molecule has 34 heavy (non-hydrogen) atoms. The van der Waals surface area contributed by atoms with Gasteiger partial charge in [-0.05, 0) is 79.8 Å². The van der Waals surface area contributed by atoms with E-state index < -0.39 is 0 Å². The summed E-state index contributed by atoms with van der Waals surface area (Å²) >= 11 is 0. The molecule has 6 heteroatoms. The molecule has 5 nitrogen and oxygen atoms in total. The summed E-state index contributed by atoms with van der Waals surface area (Å²) in [4.78, 5) is 4.86. The Hall–Kier alpha value is -3.30. The van der Waals surface area contributed by atoms with Crippen molar-refractivity contribution >= 4 is 11.5 Å². The largest absolute Gasteiger partial charge is 0.371 e. The van der Waals surface area contributed by atoms with Crippen LogP contribution in [0.5, 0.6) is 0 Å². The molecule has 5 rings (SSSR count). The minimum absolute atomic E-state index is 0.179. The first-order valence-corrected chi connectivity index (χ1v) is 12.3. The van der Waals surface area contributed by atoms with Crippen LogP contribution in [-0.2, 0) is 6.54 Å². The van der Waals surface area contributed by atoms with Gasteiger partial charge in [-0.2, -0.15) is 5.26 Å². The lowest BCUT2D eigenvalue weighted by molar-refractivity contribution is 0.180. The van der Waals surface area contributed by atoms with Gasteiger partial charge in [-0.15, -0.1) is 0 Å². The first-order chi connectivity index (χ1) is 16.7. The topological polar surface area (TPSA) is 47.2 Å². The van der Waals surface area contributed by atoms with Crippen LogP contribution in [0.3, 0.4) is 0 Å². The second-order valence-corrected chi connectivity index (χ2v) is 9.50. The van der Waals surface area contributed by atoms with Crippen molar-refractivity contribution in [2.24, 2.45) is 0 Å². The Morgan fingerprint density at radius 3 is 2.26 bits per heavy atom. The zero-order chi connectivity index (χ0) is 23.3. The Labute approximate surface area is 201 Å². The number of nitrogens with zero attached hydrogens (tertiary/aromatic N) is 4. The Bertz CT molecular complexity index is 1100. The van der Waals surface area contributed by atoms with Gasteiger partial charge in [0.15, 0.2) is 0 Å². The summed E-state index contributed by atoms with van der Waals surface area (Å²) in [5.41, 5.74) is 3.10. The zero-order valence-corrected chi connectivity index (χ0v) is 19.5. The molecule has 0 saturated carbocycles. The van der Waals surface area contributed by atoms with Crippen LogP contribution in [0.1, 0.15) is 42.9 Å². The number of hydrogen-bond donors (Lipinski definition) is 1. The lowest BCUT2D eigenvalue weighted by Crippen LogP contribution is -2.40. The average molecular weight is 458 g/mol. The molecule has 0 aliphatic carbocycles. The summed E-state index contributed by atoms with van der Waals surface area (Å²) in [6.45, 7) is 5.08. The number of likely N-dealkylation sites (tertiary alicyclic amines) is 1. The third-order valence-electron chi connectivity index (χ3n) is 7.26. The van der Waals surface area contributed by atoms with Crippen molar-refractivity contribution in [3.63, 3.8) is 0 Å². The third-order valence-corrected chi connectivity index (χ3v) is 7.26. The molecule has 3 heterocycles. The zero-order valence-electron chi connectivity index (χ0n) is 19.5. The van der Waals surface area contributed by atoms with Crippen LogP contribution < -0.4 is 10.2 Å². The van der Waals surface area contributed by atoms with Crippen molar-refractivity contribution in [1.82, 2.24) is 9.47 Å². The highest BCUT2D eigenvalue weighted by Gasteiger charge is 2.24. The molecule has 0 spiro atoms. The monoisotopic (exact) mass is 457 g/mol. The van der Waals surface area contributed by atoms with Crippen LogP contribution in [-0.4, -0.2) is 41.7 Å². The maximum absolute atomic E-state index is 13.2. The molecule has 0 amide bonds. The molecule has 2 fully saturated rings. The Kier molecular flexibility index (Phi) is 6.82. The van der Waals surface area contributed by atoms with E-state index in [0.29, 0.717) is 12.1 Å². The Morgan fingerprint density at radius 2 is 1.59 bits per heavy atom. The second-order valence-electron chi connectivity index (χ2n) is 9.50. The molecule has 1 aromatic heterocycles. The molecular formula is C28H32FN5. The fourth-order valence-electron chi connectivity index (χ4n) is 5.28. The maximum atomic E-state index is 13.2. The number of nitrogens with one attached hydrogen (secondary N) is 1. The van der Waals surface area contributed by atoms with E-state index in [-0.39, 0.29) is 5.82 Å². The molecular weight excluding hydrogens is 425 g/mol. The number of benzene rings is 2. The predicted octanol–water partition coefficient (Wildman–Crippen LogP) is 5.42. The van der Waals surface area contributed by atoms with Gasteiger partial charge in [0, 0.05) is 56.7 Å². The summed E-state index contributed by atoms with van der Waals surface area (Å²) in [6, 6.07) is 22.3. The van der Waals surface area contributed by atoms with Gasteiger partial charge < -0.3 is 14.8 Å². The molecule has 2 aromatic carbocycles. The van der Waals surface area contributed by atoms with Crippen LogP contribution in [0.4, 0.5) is 15.9 Å². The van der Waals surface area contributed by atoms with Gasteiger partial charge >= 0.3 is 0 Å². The van der Waals surface area contributed by atoms with Crippen LogP contribution in [0.15, 0.2) is 66.9 Å². The molecule has 3 aromatic rings. The molecule has 0 bridgehead atoms. The number of hydrogen-bond acceptors (Lipinski definition) is 4. The van der Waals surface area contributed by atoms with E-state index >= 15 is 0 Å². The minimum Gasteiger partial charge on any atom is -0.371 e. The molecule has 2 saturated heterocycles. The quantitative estimate of drug-likeness (QED) is 0.537. The first-order valence-electron chi connectivity index (χ1n) is 12.3. The summed E-state index contributed by atoms with van der Waals surface area (Å²) in [7, 11) is 0. The van der Waals surface area contributed by atoms with Crippen molar-refractivity contribution in [3.05, 3.63) is 83.8 Å². The number of anilines is 2. The van der Waals surface area contributed by atoms with Gasteiger partial charge in [-0.25, -0.2) is 4.39 Å². The van der Waals surface area contributed by atoms with E-state index in [1.807, 2.05) is 24.3 Å². The summed E-state index contributed by atoms with van der Waals surface area (Å²) in [5, 5.41) is 12.8. The van der Waals surface area contributed by atoms with Gasteiger partial charge in [0.2, 0.25) is 0 Å². The lowest BCUT2D eigenvalue weighted by atomic mass is 10.0. The van der Waals surface area contributed by atoms with Gasteiger partial charge in [-0.3, -0.25) is 4.90 Å². The van der Waals surface area contributed by atoms with E-state index in [1.54, 1.807) is 12.1 Å². The van der Waals surface area contributed by atoms with Gasteiger partial charge in [0.25, 0.3) is 0 Å². The van der Waals surface area contributed by atoms with Crippen molar-refractivity contribution in [2.75, 3.05) is 36.4 Å². The van der Waals surface area contributed by atoms with Crippen molar-refractivity contribution < 1.29 is 4.39 Å². The highest BCUT2D eigenvalue weighted by Crippen LogP contribution is 2.29. The lowest BCUT2D eigenvalue weighted by Gasteiger charge is -2.36. The number of piperidine rings is 2.